The van der Waals surface area contributed by atoms with E-state index in [1.54, 1.807) is 6.92 Å². The Hall–Kier alpha value is -1.07. The maximum atomic E-state index is 11.2. The van der Waals surface area contributed by atoms with Crippen molar-refractivity contribution in [3.63, 3.8) is 0 Å². The first-order chi connectivity index (χ1) is 5.61. The standard InChI is InChI=1S/C6H7ClN4O/c1-3(8)4(12)5-9-2-10-6(7)11-5/h2-3H,8H2,1H3/t3-/m0/s1. The second-order valence-corrected chi connectivity index (χ2v) is 2.57. The molecule has 0 radical (unpaired) electrons. The third-order valence-corrected chi connectivity index (χ3v) is 1.36. The zero-order valence-corrected chi connectivity index (χ0v) is 7.12. The lowest BCUT2D eigenvalue weighted by Crippen LogP contribution is -2.28. The zero-order chi connectivity index (χ0) is 9.14. The van der Waals surface area contributed by atoms with Gasteiger partial charge in [0.1, 0.15) is 6.33 Å². The van der Waals surface area contributed by atoms with Crippen molar-refractivity contribution in [2.75, 3.05) is 0 Å². The third kappa shape index (κ3) is 1.96. The summed E-state index contributed by atoms with van der Waals surface area (Å²) in [4.78, 5) is 21.9. The first-order valence-electron chi connectivity index (χ1n) is 3.25. The molecule has 1 aromatic rings. The van der Waals surface area contributed by atoms with E-state index in [4.69, 9.17) is 17.3 Å². The van der Waals surface area contributed by atoms with Crippen LogP contribution in [0, 0.1) is 0 Å². The number of halogens is 1. The van der Waals surface area contributed by atoms with Crippen molar-refractivity contribution in [3.8, 4) is 0 Å². The molecule has 0 saturated carbocycles. The SMILES string of the molecule is C[C@H](N)C(=O)c1ncnc(Cl)n1. The fourth-order valence-electron chi connectivity index (χ4n) is 0.599. The van der Waals surface area contributed by atoms with Crippen LogP contribution in [0.1, 0.15) is 17.5 Å². The van der Waals surface area contributed by atoms with Gasteiger partial charge < -0.3 is 5.73 Å². The smallest absolute Gasteiger partial charge is 0.226 e. The molecule has 0 fully saturated rings. The number of rotatable bonds is 2. The van der Waals surface area contributed by atoms with Crippen molar-refractivity contribution in [1.29, 1.82) is 0 Å². The minimum atomic E-state index is -0.622. The zero-order valence-electron chi connectivity index (χ0n) is 6.36. The van der Waals surface area contributed by atoms with Crippen LogP contribution in [-0.4, -0.2) is 26.8 Å². The van der Waals surface area contributed by atoms with Crippen LogP contribution in [0.2, 0.25) is 5.28 Å². The van der Waals surface area contributed by atoms with Gasteiger partial charge in [-0.05, 0) is 18.5 Å². The lowest BCUT2D eigenvalue weighted by molar-refractivity contribution is 0.0957. The van der Waals surface area contributed by atoms with Crippen LogP contribution in [0.4, 0.5) is 0 Å². The van der Waals surface area contributed by atoms with Crippen molar-refractivity contribution in [1.82, 2.24) is 15.0 Å². The van der Waals surface area contributed by atoms with Gasteiger partial charge >= 0.3 is 0 Å². The molecule has 1 aromatic heterocycles. The first kappa shape index (κ1) is 9.02. The summed E-state index contributed by atoms with van der Waals surface area (Å²) in [6.45, 7) is 1.56. The van der Waals surface area contributed by atoms with Crippen LogP contribution in [-0.2, 0) is 0 Å². The molecule has 0 aromatic carbocycles. The van der Waals surface area contributed by atoms with Crippen LogP contribution >= 0.6 is 11.6 Å². The Bertz CT molecular complexity index is 301. The Kier molecular flexibility index (Phi) is 2.67. The van der Waals surface area contributed by atoms with Crippen LogP contribution in [0.5, 0.6) is 0 Å². The number of carbonyl (C=O) groups excluding carboxylic acids is 1. The normalized spacial score (nSPS) is 12.6. The maximum Gasteiger partial charge on any atom is 0.226 e. The van der Waals surface area contributed by atoms with Gasteiger partial charge in [-0.3, -0.25) is 4.79 Å². The Morgan fingerprint density at radius 1 is 1.67 bits per heavy atom. The summed E-state index contributed by atoms with van der Waals surface area (Å²) < 4.78 is 0. The molecule has 0 unspecified atom stereocenters. The molecule has 0 spiro atoms. The summed E-state index contributed by atoms with van der Waals surface area (Å²) >= 11 is 5.44. The molecule has 0 saturated heterocycles. The largest absolute Gasteiger partial charge is 0.321 e. The van der Waals surface area contributed by atoms with Gasteiger partial charge in [-0.15, -0.1) is 0 Å². The van der Waals surface area contributed by atoms with E-state index in [0.29, 0.717) is 0 Å². The second kappa shape index (κ2) is 3.55. The molecule has 6 heteroatoms. The summed E-state index contributed by atoms with van der Waals surface area (Å²) in [6, 6.07) is -0.622. The quantitative estimate of drug-likeness (QED) is 0.661. The highest BCUT2D eigenvalue weighted by atomic mass is 35.5. The second-order valence-electron chi connectivity index (χ2n) is 2.23. The lowest BCUT2D eigenvalue weighted by atomic mass is 10.2. The van der Waals surface area contributed by atoms with E-state index in [9.17, 15) is 4.79 Å². The van der Waals surface area contributed by atoms with Crippen LogP contribution in [0.15, 0.2) is 6.33 Å². The van der Waals surface area contributed by atoms with Gasteiger partial charge in [0.05, 0.1) is 6.04 Å². The Balaban J connectivity index is 2.96. The first-order valence-corrected chi connectivity index (χ1v) is 3.63. The number of hydrogen-bond donors (Lipinski definition) is 1. The van der Waals surface area contributed by atoms with E-state index in [1.807, 2.05) is 0 Å². The molecule has 5 nitrogen and oxygen atoms in total. The van der Waals surface area contributed by atoms with Crippen LogP contribution < -0.4 is 5.73 Å². The Morgan fingerprint density at radius 2 is 2.33 bits per heavy atom. The van der Waals surface area contributed by atoms with Crippen molar-refractivity contribution in [3.05, 3.63) is 17.4 Å². The Labute approximate surface area is 74.0 Å². The monoisotopic (exact) mass is 186 g/mol. The summed E-state index contributed by atoms with van der Waals surface area (Å²) in [5.74, 6) is -0.343. The number of nitrogens with zero attached hydrogens (tertiary/aromatic N) is 3. The van der Waals surface area contributed by atoms with Crippen molar-refractivity contribution in [2.45, 2.75) is 13.0 Å². The highest BCUT2D eigenvalue weighted by Crippen LogP contribution is 1.99. The van der Waals surface area contributed by atoms with Crippen LogP contribution in [0.3, 0.4) is 0 Å². The summed E-state index contributed by atoms with van der Waals surface area (Å²) in [7, 11) is 0. The van der Waals surface area contributed by atoms with E-state index < -0.39 is 6.04 Å². The lowest BCUT2D eigenvalue weighted by Gasteiger charge is -2.00. The highest BCUT2D eigenvalue weighted by molar-refractivity contribution is 6.28. The van der Waals surface area contributed by atoms with E-state index in [2.05, 4.69) is 15.0 Å². The third-order valence-electron chi connectivity index (χ3n) is 1.18. The maximum absolute atomic E-state index is 11.2. The molecule has 0 aliphatic heterocycles. The molecule has 1 rings (SSSR count). The molecule has 0 aliphatic carbocycles. The van der Waals surface area contributed by atoms with E-state index in [-0.39, 0.29) is 16.9 Å². The Morgan fingerprint density at radius 3 is 2.83 bits per heavy atom. The highest BCUT2D eigenvalue weighted by Gasteiger charge is 2.13. The van der Waals surface area contributed by atoms with Gasteiger partial charge in [0.15, 0.2) is 0 Å². The van der Waals surface area contributed by atoms with E-state index in [1.165, 1.54) is 6.33 Å². The number of carbonyl (C=O) groups is 1. The molecule has 1 heterocycles. The molecular weight excluding hydrogens is 180 g/mol. The number of hydrogen-bond acceptors (Lipinski definition) is 5. The van der Waals surface area contributed by atoms with Gasteiger partial charge in [0.25, 0.3) is 0 Å². The number of Topliss-reactive ketones (excluding diaryl/α,β-unsaturated/α-hetero) is 1. The molecule has 1 atom stereocenters. The van der Waals surface area contributed by atoms with Gasteiger partial charge in [0.2, 0.25) is 16.9 Å². The van der Waals surface area contributed by atoms with Crippen molar-refractivity contribution < 1.29 is 4.79 Å². The van der Waals surface area contributed by atoms with Gasteiger partial charge in [-0.2, -0.15) is 4.98 Å². The fourth-order valence-corrected chi connectivity index (χ4v) is 0.722. The topological polar surface area (TPSA) is 81.8 Å². The van der Waals surface area contributed by atoms with E-state index in [0.717, 1.165) is 0 Å². The molecule has 0 bridgehead atoms. The fraction of sp³-hybridized carbons (Fsp3) is 0.333. The predicted molar refractivity (Wildman–Crippen MR) is 42.8 cm³/mol. The summed E-state index contributed by atoms with van der Waals surface area (Å²) in [5, 5.41) is -0.00556. The van der Waals surface area contributed by atoms with Gasteiger partial charge in [-0.1, -0.05) is 0 Å². The number of aromatic nitrogens is 3. The molecule has 0 aliphatic rings. The minimum absolute atomic E-state index is 0.00463. The molecule has 12 heavy (non-hydrogen) atoms. The molecule has 64 valence electrons. The summed E-state index contributed by atoms with van der Waals surface area (Å²) in [6.07, 6.45) is 1.17. The van der Waals surface area contributed by atoms with Crippen molar-refractivity contribution in [2.24, 2.45) is 5.73 Å². The van der Waals surface area contributed by atoms with Crippen molar-refractivity contribution >= 4 is 17.4 Å². The van der Waals surface area contributed by atoms with Crippen LogP contribution in [0.25, 0.3) is 0 Å². The average Bonchev–Trinajstić information content (AvgIpc) is 2.03. The minimum Gasteiger partial charge on any atom is -0.321 e. The number of ketones is 1. The number of nitrogens with two attached hydrogens (primary N) is 1. The summed E-state index contributed by atoms with van der Waals surface area (Å²) in [5.41, 5.74) is 5.32. The molecular formula is C6H7ClN4O. The molecule has 0 amide bonds. The predicted octanol–water partition coefficient (Wildman–Crippen LogP) is 0.0549. The van der Waals surface area contributed by atoms with Gasteiger partial charge in [-0.25, -0.2) is 9.97 Å². The molecule has 2 N–H and O–H groups in total. The average molecular weight is 187 g/mol. The van der Waals surface area contributed by atoms with E-state index >= 15 is 0 Å². The van der Waals surface area contributed by atoms with Gasteiger partial charge in [0, 0.05) is 0 Å².